The van der Waals surface area contributed by atoms with E-state index in [4.69, 9.17) is 9.72 Å². The Morgan fingerprint density at radius 3 is 2.46 bits per heavy atom. The lowest BCUT2D eigenvalue weighted by Crippen LogP contribution is -2.41. The Morgan fingerprint density at radius 2 is 1.73 bits per heavy atom. The molecule has 2 fully saturated rings. The van der Waals surface area contributed by atoms with Gasteiger partial charge in [-0.05, 0) is 44.7 Å². The standard InChI is InChI=1S/C19H25N5O2/c1-13-12-14(2)20-16-15(13)18(23-6-4-3-5-7-23)22-17(21-16)19(25)24-8-10-26-11-9-24/h12H,3-11H2,1-2H3. The molecule has 0 atom stereocenters. The van der Waals surface area contributed by atoms with Crippen molar-refractivity contribution in [2.45, 2.75) is 33.1 Å². The highest BCUT2D eigenvalue weighted by Gasteiger charge is 2.25. The zero-order chi connectivity index (χ0) is 18.1. The summed E-state index contributed by atoms with van der Waals surface area (Å²) in [5.41, 5.74) is 2.64. The molecule has 2 aliphatic heterocycles. The van der Waals surface area contributed by atoms with Crippen molar-refractivity contribution in [2.75, 3.05) is 44.3 Å². The fourth-order valence-corrected chi connectivity index (χ4v) is 3.79. The Balaban J connectivity index is 1.82. The number of pyridine rings is 1. The second-order valence-corrected chi connectivity index (χ2v) is 7.10. The van der Waals surface area contributed by atoms with Crippen LogP contribution in [0.3, 0.4) is 0 Å². The zero-order valence-corrected chi connectivity index (χ0v) is 15.5. The van der Waals surface area contributed by atoms with E-state index in [2.05, 4.69) is 27.9 Å². The van der Waals surface area contributed by atoms with Gasteiger partial charge in [0.15, 0.2) is 5.65 Å². The summed E-state index contributed by atoms with van der Waals surface area (Å²) < 4.78 is 5.35. The lowest BCUT2D eigenvalue weighted by atomic mass is 10.1. The lowest BCUT2D eigenvalue weighted by molar-refractivity contribution is 0.0295. The van der Waals surface area contributed by atoms with Crippen molar-refractivity contribution in [3.63, 3.8) is 0 Å². The van der Waals surface area contributed by atoms with Gasteiger partial charge in [-0.25, -0.2) is 15.0 Å². The van der Waals surface area contributed by atoms with Gasteiger partial charge in [-0.1, -0.05) is 0 Å². The molecule has 7 nitrogen and oxygen atoms in total. The van der Waals surface area contributed by atoms with E-state index in [1.165, 1.54) is 6.42 Å². The fraction of sp³-hybridized carbons (Fsp3) is 0.579. The summed E-state index contributed by atoms with van der Waals surface area (Å²) in [4.78, 5) is 30.9. The number of aromatic nitrogens is 3. The smallest absolute Gasteiger partial charge is 0.291 e. The molecule has 0 aromatic carbocycles. The number of carbonyl (C=O) groups excluding carboxylic acids is 1. The Hall–Kier alpha value is -2.28. The third-order valence-corrected chi connectivity index (χ3v) is 5.12. The molecule has 4 heterocycles. The van der Waals surface area contributed by atoms with Crippen LogP contribution in [0.1, 0.15) is 41.1 Å². The van der Waals surface area contributed by atoms with Crippen LogP contribution < -0.4 is 4.90 Å². The monoisotopic (exact) mass is 355 g/mol. The number of rotatable bonds is 2. The molecule has 26 heavy (non-hydrogen) atoms. The van der Waals surface area contributed by atoms with E-state index in [0.717, 1.165) is 48.4 Å². The number of hydrogen-bond donors (Lipinski definition) is 0. The second kappa shape index (κ2) is 7.15. The fourth-order valence-electron chi connectivity index (χ4n) is 3.79. The van der Waals surface area contributed by atoms with Crippen LogP contribution in [0.4, 0.5) is 5.82 Å². The maximum atomic E-state index is 12.9. The van der Waals surface area contributed by atoms with Crippen molar-refractivity contribution < 1.29 is 9.53 Å². The Labute approximate surface area is 153 Å². The number of ether oxygens (including phenoxy) is 1. The number of piperidine rings is 1. The summed E-state index contributed by atoms with van der Waals surface area (Å²) in [6.45, 7) is 8.24. The first kappa shape index (κ1) is 17.1. The summed E-state index contributed by atoms with van der Waals surface area (Å²) >= 11 is 0. The summed E-state index contributed by atoms with van der Waals surface area (Å²) in [6, 6.07) is 2.06. The molecule has 0 bridgehead atoms. The van der Waals surface area contributed by atoms with Gasteiger partial charge in [0.05, 0.1) is 18.6 Å². The molecule has 4 rings (SSSR count). The van der Waals surface area contributed by atoms with Crippen LogP contribution in [0.5, 0.6) is 0 Å². The minimum atomic E-state index is -0.130. The first-order valence-electron chi connectivity index (χ1n) is 9.41. The molecule has 0 unspecified atom stereocenters. The number of hydrogen-bond acceptors (Lipinski definition) is 6. The van der Waals surface area contributed by atoms with Crippen molar-refractivity contribution in [3.05, 3.63) is 23.1 Å². The summed E-state index contributed by atoms with van der Waals surface area (Å²) in [7, 11) is 0. The van der Waals surface area contributed by atoms with Crippen LogP contribution >= 0.6 is 0 Å². The second-order valence-electron chi connectivity index (χ2n) is 7.10. The number of morpholine rings is 1. The van der Waals surface area contributed by atoms with Crippen molar-refractivity contribution in [2.24, 2.45) is 0 Å². The molecule has 2 aromatic rings. The summed E-state index contributed by atoms with van der Waals surface area (Å²) in [5, 5.41) is 0.969. The van der Waals surface area contributed by atoms with Crippen LogP contribution in [-0.2, 0) is 4.74 Å². The van der Waals surface area contributed by atoms with Crippen molar-refractivity contribution in [3.8, 4) is 0 Å². The molecule has 0 aliphatic carbocycles. The largest absolute Gasteiger partial charge is 0.378 e. The molecule has 2 saturated heterocycles. The maximum absolute atomic E-state index is 12.9. The van der Waals surface area contributed by atoms with Crippen molar-refractivity contribution >= 4 is 22.8 Å². The van der Waals surface area contributed by atoms with Crippen LogP contribution in [-0.4, -0.2) is 65.2 Å². The van der Waals surface area contributed by atoms with E-state index in [0.29, 0.717) is 32.0 Å². The SMILES string of the molecule is Cc1cc(C)c2c(N3CCCCC3)nc(C(=O)N3CCOCC3)nc2n1. The maximum Gasteiger partial charge on any atom is 0.291 e. The van der Waals surface area contributed by atoms with Gasteiger partial charge in [-0.3, -0.25) is 4.79 Å². The molecule has 0 saturated carbocycles. The van der Waals surface area contributed by atoms with E-state index >= 15 is 0 Å². The number of carbonyl (C=O) groups is 1. The molecule has 2 aromatic heterocycles. The van der Waals surface area contributed by atoms with Gasteiger partial charge in [0, 0.05) is 31.9 Å². The molecule has 0 N–H and O–H groups in total. The van der Waals surface area contributed by atoms with E-state index < -0.39 is 0 Å². The Bertz CT molecular complexity index is 826. The van der Waals surface area contributed by atoms with E-state index in [9.17, 15) is 4.79 Å². The van der Waals surface area contributed by atoms with Crippen molar-refractivity contribution in [1.29, 1.82) is 0 Å². The Kier molecular flexibility index (Phi) is 4.72. The third-order valence-electron chi connectivity index (χ3n) is 5.12. The quantitative estimate of drug-likeness (QED) is 0.822. The van der Waals surface area contributed by atoms with Gasteiger partial charge >= 0.3 is 0 Å². The average molecular weight is 355 g/mol. The minimum Gasteiger partial charge on any atom is -0.378 e. The normalized spacial score (nSPS) is 18.4. The highest BCUT2D eigenvalue weighted by atomic mass is 16.5. The van der Waals surface area contributed by atoms with Gasteiger partial charge in [-0.15, -0.1) is 0 Å². The van der Waals surface area contributed by atoms with Crippen molar-refractivity contribution in [1.82, 2.24) is 19.9 Å². The topological polar surface area (TPSA) is 71.5 Å². The van der Waals surface area contributed by atoms with Gasteiger partial charge in [0.2, 0.25) is 5.82 Å². The zero-order valence-electron chi connectivity index (χ0n) is 15.5. The predicted octanol–water partition coefficient (Wildman–Crippen LogP) is 2.10. The first-order valence-corrected chi connectivity index (χ1v) is 9.41. The molecular formula is C19H25N5O2. The number of aryl methyl sites for hydroxylation is 2. The average Bonchev–Trinajstić information content (AvgIpc) is 2.67. The lowest BCUT2D eigenvalue weighted by Gasteiger charge is -2.30. The summed E-state index contributed by atoms with van der Waals surface area (Å²) in [5.74, 6) is 0.975. The molecule has 1 amide bonds. The number of nitrogens with zero attached hydrogens (tertiary/aromatic N) is 5. The first-order chi connectivity index (χ1) is 12.6. The molecular weight excluding hydrogens is 330 g/mol. The van der Waals surface area contributed by atoms with Crippen LogP contribution in [0.2, 0.25) is 0 Å². The molecule has 0 radical (unpaired) electrons. The minimum absolute atomic E-state index is 0.130. The molecule has 7 heteroatoms. The van der Waals surface area contributed by atoms with E-state index in [-0.39, 0.29) is 11.7 Å². The highest BCUT2D eigenvalue weighted by molar-refractivity contribution is 5.96. The molecule has 2 aliphatic rings. The van der Waals surface area contributed by atoms with Gasteiger partial charge in [-0.2, -0.15) is 0 Å². The predicted molar refractivity (Wildman–Crippen MR) is 99.6 cm³/mol. The number of amides is 1. The Morgan fingerprint density at radius 1 is 1.00 bits per heavy atom. The van der Waals surface area contributed by atoms with E-state index in [1.54, 1.807) is 4.90 Å². The van der Waals surface area contributed by atoms with Gasteiger partial charge in [0.1, 0.15) is 5.82 Å². The molecule has 0 spiro atoms. The highest BCUT2D eigenvalue weighted by Crippen LogP contribution is 2.29. The van der Waals surface area contributed by atoms with Crippen LogP contribution in [0.15, 0.2) is 6.07 Å². The van der Waals surface area contributed by atoms with Gasteiger partial charge in [0.25, 0.3) is 5.91 Å². The van der Waals surface area contributed by atoms with Crippen LogP contribution in [0, 0.1) is 13.8 Å². The number of anilines is 1. The summed E-state index contributed by atoms with van der Waals surface area (Å²) in [6.07, 6.45) is 3.54. The molecule has 138 valence electrons. The van der Waals surface area contributed by atoms with Gasteiger partial charge < -0.3 is 14.5 Å². The number of fused-ring (bicyclic) bond motifs is 1. The third kappa shape index (κ3) is 3.23. The van der Waals surface area contributed by atoms with E-state index in [1.807, 2.05) is 6.92 Å². The van der Waals surface area contributed by atoms with Crippen LogP contribution in [0.25, 0.3) is 11.0 Å².